The van der Waals surface area contributed by atoms with Crippen molar-refractivity contribution in [2.24, 2.45) is 22.7 Å². The molecule has 0 aromatic heterocycles. The third-order valence-electron chi connectivity index (χ3n) is 6.32. The standard InChI is InChI=1S/C17H22O4S/c1-16(2)14-7-8-17(16,3)15(18)13(14)10-11-5-4-6-12(9-11)22(19,20)21/h4-6,9,13-14H,7-8,10H2,1-3H3,(H,19,20,21). The van der Waals surface area contributed by atoms with Gasteiger partial charge in [0.1, 0.15) is 5.78 Å². The highest BCUT2D eigenvalue weighted by atomic mass is 32.2. The van der Waals surface area contributed by atoms with Crippen LogP contribution < -0.4 is 0 Å². The van der Waals surface area contributed by atoms with Gasteiger partial charge in [-0.05, 0) is 48.3 Å². The van der Waals surface area contributed by atoms with Gasteiger partial charge >= 0.3 is 0 Å². The lowest BCUT2D eigenvalue weighted by Gasteiger charge is -2.32. The van der Waals surface area contributed by atoms with Gasteiger partial charge in [0.05, 0.1) is 4.90 Å². The summed E-state index contributed by atoms with van der Waals surface area (Å²) in [5.74, 6) is 0.607. The minimum atomic E-state index is -4.20. The predicted molar refractivity (Wildman–Crippen MR) is 83.1 cm³/mol. The lowest BCUT2D eigenvalue weighted by atomic mass is 9.70. The molecule has 3 atom stereocenters. The van der Waals surface area contributed by atoms with Crippen LogP contribution in [0.1, 0.15) is 39.2 Å². The van der Waals surface area contributed by atoms with Gasteiger partial charge in [0.25, 0.3) is 10.1 Å². The molecule has 0 spiro atoms. The molecule has 1 aromatic rings. The van der Waals surface area contributed by atoms with Crippen LogP contribution in [0.5, 0.6) is 0 Å². The second-order valence-corrected chi connectivity index (χ2v) is 8.92. The Morgan fingerprint density at radius 1 is 1.27 bits per heavy atom. The fourth-order valence-corrected chi connectivity index (χ4v) is 5.15. The second-order valence-electron chi connectivity index (χ2n) is 7.50. The number of carbonyl (C=O) groups is 1. The van der Waals surface area contributed by atoms with Crippen molar-refractivity contribution in [2.75, 3.05) is 0 Å². The van der Waals surface area contributed by atoms with Crippen LogP contribution in [0, 0.1) is 22.7 Å². The summed E-state index contributed by atoms with van der Waals surface area (Å²) in [7, 11) is -4.20. The highest BCUT2D eigenvalue weighted by Crippen LogP contribution is 2.66. The summed E-state index contributed by atoms with van der Waals surface area (Å²) < 4.78 is 31.7. The van der Waals surface area contributed by atoms with E-state index in [0.717, 1.165) is 18.4 Å². The van der Waals surface area contributed by atoms with E-state index in [1.54, 1.807) is 6.07 Å². The van der Waals surface area contributed by atoms with Crippen LogP contribution in [0.25, 0.3) is 0 Å². The third kappa shape index (κ3) is 2.06. The SMILES string of the molecule is CC12CCC(C(Cc3cccc(S(=O)(=O)O)c3)C1=O)C2(C)C. The fourth-order valence-electron chi connectivity index (χ4n) is 4.59. The molecule has 1 N–H and O–H groups in total. The van der Waals surface area contributed by atoms with Crippen LogP contribution in [-0.4, -0.2) is 18.8 Å². The first kappa shape index (κ1) is 15.7. The van der Waals surface area contributed by atoms with Gasteiger partial charge in [0.2, 0.25) is 0 Å². The molecule has 0 saturated heterocycles. The number of Topliss-reactive ketones (excluding diaryl/α,β-unsaturated/α-hetero) is 1. The highest BCUT2D eigenvalue weighted by Gasteiger charge is 2.65. The summed E-state index contributed by atoms with van der Waals surface area (Å²) in [6, 6.07) is 6.28. The van der Waals surface area contributed by atoms with E-state index < -0.39 is 10.1 Å². The lowest BCUT2D eigenvalue weighted by Crippen LogP contribution is -2.33. The fraction of sp³-hybridized carbons (Fsp3) is 0.588. The molecule has 1 aromatic carbocycles. The molecular weight excluding hydrogens is 300 g/mol. The second kappa shape index (κ2) is 4.65. The lowest BCUT2D eigenvalue weighted by molar-refractivity contribution is -0.131. The average molecular weight is 322 g/mol. The van der Waals surface area contributed by atoms with Gasteiger partial charge < -0.3 is 0 Å². The predicted octanol–water partition coefficient (Wildman–Crippen LogP) is 3.12. The number of fused-ring (bicyclic) bond motifs is 2. The Kier molecular flexibility index (Phi) is 3.31. The summed E-state index contributed by atoms with van der Waals surface area (Å²) in [6.45, 7) is 6.43. The largest absolute Gasteiger partial charge is 0.299 e. The summed E-state index contributed by atoms with van der Waals surface area (Å²) in [6.07, 6.45) is 2.55. The summed E-state index contributed by atoms with van der Waals surface area (Å²) in [4.78, 5) is 12.7. The van der Waals surface area contributed by atoms with E-state index in [2.05, 4.69) is 20.8 Å². The molecular formula is C17H22O4S. The Balaban J connectivity index is 1.91. The van der Waals surface area contributed by atoms with Gasteiger partial charge in [-0.1, -0.05) is 32.9 Å². The number of carbonyl (C=O) groups excluding carboxylic acids is 1. The van der Waals surface area contributed by atoms with E-state index in [4.69, 9.17) is 4.55 Å². The van der Waals surface area contributed by atoms with Crippen molar-refractivity contribution in [1.82, 2.24) is 0 Å². The van der Waals surface area contributed by atoms with E-state index in [-0.39, 0.29) is 21.6 Å². The first-order valence-electron chi connectivity index (χ1n) is 7.68. The molecule has 0 aliphatic heterocycles. The van der Waals surface area contributed by atoms with Crippen molar-refractivity contribution < 1.29 is 17.8 Å². The maximum atomic E-state index is 12.8. The number of ketones is 1. The maximum Gasteiger partial charge on any atom is 0.294 e. The van der Waals surface area contributed by atoms with E-state index >= 15 is 0 Å². The van der Waals surface area contributed by atoms with Crippen molar-refractivity contribution in [3.63, 3.8) is 0 Å². The summed E-state index contributed by atoms with van der Waals surface area (Å²) in [5, 5.41) is 0. The van der Waals surface area contributed by atoms with Crippen molar-refractivity contribution in [2.45, 2.75) is 44.9 Å². The molecule has 3 rings (SSSR count). The van der Waals surface area contributed by atoms with Crippen molar-refractivity contribution in [3.05, 3.63) is 29.8 Å². The van der Waals surface area contributed by atoms with Crippen LogP contribution in [-0.2, 0) is 21.3 Å². The number of hydrogen-bond acceptors (Lipinski definition) is 3. The summed E-state index contributed by atoms with van der Waals surface area (Å²) in [5.41, 5.74) is 0.527. The molecule has 4 nitrogen and oxygen atoms in total. The molecule has 2 fully saturated rings. The van der Waals surface area contributed by atoms with Gasteiger partial charge in [-0.15, -0.1) is 0 Å². The van der Waals surface area contributed by atoms with Crippen LogP contribution in [0.2, 0.25) is 0 Å². The molecule has 0 heterocycles. The zero-order valence-corrected chi connectivity index (χ0v) is 14.0. The first-order valence-corrected chi connectivity index (χ1v) is 9.12. The van der Waals surface area contributed by atoms with E-state index in [1.807, 2.05) is 6.07 Å². The molecule has 3 unspecified atom stereocenters. The zero-order chi connectivity index (χ0) is 16.3. The minimum absolute atomic E-state index is 0.00455. The van der Waals surface area contributed by atoms with Gasteiger partial charge in [0.15, 0.2) is 0 Å². The Labute approximate surface area is 131 Å². The Bertz CT molecular complexity index is 735. The highest BCUT2D eigenvalue weighted by molar-refractivity contribution is 7.85. The van der Waals surface area contributed by atoms with E-state index in [9.17, 15) is 13.2 Å². The molecule has 2 bridgehead atoms. The van der Waals surface area contributed by atoms with Crippen LogP contribution in [0.3, 0.4) is 0 Å². The van der Waals surface area contributed by atoms with Gasteiger partial charge in [-0.2, -0.15) is 8.42 Å². The quantitative estimate of drug-likeness (QED) is 0.868. The molecule has 2 saturated carbocycles. The average Bonchev–Trinajstić information content (AvgIpc) is 2.73. The minimum Gasteiger partial charge on any atom is -0.299 e. The number of hydrogen-bond donors (Lipinski definition) is 1. The molecule has 2 aliphatic carbocycles. The molecule has 0 amide bonds. The van der Waals surface area contributed by atoms with Gasteiger partial charge in [-0.3, -0.25) is 9.35 Å². The summed E-state index contributed by atoms with van der Waals surface area (Å²) >= 11 is 0. The molecule has 0 radical (unpaired) electrons. The van der Waals surface area contributed by atoms with E-state index in [1.165, 1.54) is 12.1 Å². The van der Waals surface area contributed by atoms with Crippen molar-refractivity contribution in [1.29, 1.82) is 0 Å². The van der Waals surface area contributed by atoms with Crippen LogP contribution in [0.4, 0.5) is 0 Å². The zero-order valence-electron chi connectivity index (χ0n) is 13.2. The van der Waals surface area contributed by atoms with Gasteiger partial charge in [-0.25, -0.2) is 0 Å². The Morgan fingerprint density at radius 2 is 1.95 bits per heavy atom. The maximum absolute atomic E-state index is 12.8. The smallest absolute Gasteiger partial charge is 0.294 e. The normalized spacial score (nSPS) is 33.4. The first-order chi connectivity index (χ1) is 10.1. The van der Waals surface area contributed by atoms with Crippen molar-refractivity contribution >= 4 is 15.9 Å². The van der Waals surface area contributed by atoms with Crippen LogP contribution in [0.15, 0.2) is 29.2 Å². The molecule has 22 heavy (non-hydrogen) atoms. The monoisotopic (exact) mass is 322 g/mol. The Hall–Kier alpha value is -1.20. The van der Waals surface area contributed by atoms with Gasteiger partial charge in [0, 0.05) is 11.3 Å². The topological polar surface area (TPSA) is 71.4 Å². The van der Waals surface area contributed by atoms with Crippen molar-refractivity contribution in [3.8, 4) is 0 Å². The number of benzene rings is 1. The molecule has 5 heteroatoms. The van der Waals surface area contributed by atoms with Crippen LogP contribution >= 0.6 is 0 Å². The Morgan fingerprint density at radius 3 is 2.50 bits per heavy atom. The third-order valence-corrected chi connectivity index (χ3v) is 7.17. The molecule has 2 aliphatic rings. The van der Waals surface area contributed by atoms with E-state index in [0.29, 0.717) is 18.1 Å². The molecule has 120 valence electrons. The number of rotatable bonds is 3.